The Morgan fingerprint density at radius 3 is 2.92 bits per heavy atom. The zero-order valence-corrected chi connectivity index (χ0v) is 26.3. The fourth-order valence-corrected chi connectivity index (χ4v) is 8.38. The van der Waals surface area contributed by atoms with Gasteiger partial charge in [0.1, 0.15) is 35.2 Å². The smallest absolute Gasteiger partial charge is 0.319 e. The second-order valence-electron chi connectivity index (χ2n) is 13.6. The molecule has 2 N–H and O–H groups in total. The number of phenolic OH excluding ortho intramolecular Hbond substituents is 1. The number of methoxy groups -OCH3 is 1. The predicted molar refractivity (Wildman–Crippen MR) is 176 cm³/mol. The molecule has 0 amide bonds. The van der Waals surface area contributed by atoms with Gasteiger partial charge in [-0.25, -0.2) is 8.78 Å². The molecule has 4 aliphatic rings. The Morgan fingerprint density at radius 1 is 1.22 bits per heavy atom. The minimum Gasteiger partial charge on any atom is -0.508 e. The normalized spacial score (nSPS) is 26.1. The number of phenols is 1. The van der Waals surface area contributed by atoms with Crippen LogP contribution in [0.4, 0.5) is 23.4 Å². The number of terminal acetylenes is 1. The quantitative estimate of drug-likeness (QED) is 0.193. The van der Waals surface area contributed by atoms with Crippen molar-refractivity contribution in [3.05, 3.63) is 59.3 Å². The highest BCUT2D eigenvalue weighted by atomic mass is 19.3. The Kier molecular flexibility index (Phi) is 6.84. The Balaban J connectivity index is 1.25. The molecular weight excluding hydrogens is 640 g/mol. The van der Waals surface area contributed by atoms with Crippen molar-refractivity contribution in [2.45, 2.75) is 49.2 Å². The maximum Gasteiger partial charge on any atom is 0.319 e. The topological polar surface area (TPSA) is 95.9 Å². The summed E-state index contributed by atoms with van der Waals surface area (Å²) in [6.07, 6.45) is 8.30. The molecule has 0 spiro atoms. The molecule has 2 aromatic heterocycles. The number of hydrogen-bond donors (Lipinski definition) is 2. The Hall–Kier alpha value is -4.51. The summed E-state index contributed by atoms with van der Waals surface area (Å²) in [5, 5.41) is 14.9. The van der Waals surface area contributed by atoms with Crippen LogP contribution in [0.1, 0.15) is 41.8 Å². The molecule has 6 heterocycles. The van der Waals surface area contributed by atoms with Gasteiger partial charge in [0.15, 0.2) is 5.82 Å². The van der Waals surface area contributed by atoms with Gasteiger partial charge in [0.25, 0.3) is 6.08 Å². The number of nitrogens with one attached hydrogen (secondary N) is 1. The summed E-state index contributed by atoms with van der Waals surface area (Å²) in [6, 6.07) is 4.99. The number of rotatable bonds is 7. The van der Waals surface area contributed by atoms with E-state index in [4.69, 9.17) is 25.0 Å². The van der Waals surface area contributed by atoms with Crippen molar-refractivity contribution in [3.63, 3.8) is 0 Å². The van der Waals surface area contributed by atoms with Crippen molar-refractivity contribution in [2.24, 2.45) is 0 Å². The van der Waals surface area contributed by atoms with Gasteiger partial charge in [-0.15, -0.1) is 6.42 Å². The van der Waals surface area contributed by atoms with Crippen LogP contribution in [-0.4, -0.2) is 88.5 Å². The monoisotopic (exact) mass is 677 g/mol. The number of halogens is 4. The number of aromatic hydroxyl groups is 1. The zero-order valence-electron chi connectivity index (χ0n) is 29.3. The number of nitrogens with zero attached hydrogens (tertiary/aromatic N) is 5. The molecule has 0 radical (unpaired) electrons. The molecule has 0 saturated carbocycles. The van der Waals surface area contributed by atoms with Crippen LogP contribution in [0.5, 0.6) is 11.8 Å². The van der Waals surface area contributed by atoms with Gasteiger partial charge in [0.05, 0.1) is 32.7 Å². The summed E-state index contributed by atoms with van der Waals surface area (Å²) < 4.78 is 93.5. The second kappa shape index (κ2) is 11.8. The molecule has 4 aliphatic heterocycles. The van der Waals surface area contributed by atoms with E-state index in [1.54, 1.807) is 0 Å². The summed E-state index contributed by atoms with van der Waals surface area (Å²) in [6.45, 7) is 1.36. The van der Waals surface area contributed by atoms with Gasteiger partial charge in [-0.3, -0.25) is 9.88 Å². The van der Waals surface area contributed by atoms with Crippen molar-refractivity contribution in [1.82, 2.24) is 25.2 Å². The molecule has 2 bridgehead atoms. The molecule has 4 aromatic rings. The van der Waals surface area contributed by atoms with E-state index >= 15 is 4.39 Å². The molecule has 4 fully saturated rings. The number of aromatic nitrogens is 3. The molecule has 0 aliphatic carbocycles. The lowest BCUT2D eigenvalue weighted by molar-refractivity contribution is 0.107. The van der Waals surface area contributed by atoms with Crippen molar-refractivity contribution >= 4 is 27.5 Å². The number of pyridine rings is 1. The van der Waals surface area contributed by atoms with Crippen LogP contribution in [0.3, 0.4) is 0 Å². The molecule has 49 heavy (non-hydrogen) atoms. The highest BCUT2D eigenvalue weighted by molar-refractivity contribution is 6.03. The van der Waals surface area contributed by atoms with Crippen LogP contribution in [-0.2, 0) is 4.74 Å². The van der Waals surface area contributed by atoms with E-state index in [0.29, 0.717) is 31.3 Å². The highest BCUT2D eigenvalue weighted by Crippen LogP contribution is 2.44. The van der Waals surface area contributed by atoms with Gasteiger partial charge in [-0.2, -0.15) is 18.7 Å². The average molecular weight is 678 g/mol. The molecule has 3 atom stereocenters. The summed E-state index contributed by atoms with van der Waals surface area (Å²) in [5.41, 5.74) is -1.88. The zero-order chi connectivity index (χ0) is 36.6. The summed E-state index contributed by atoms with van der Waals surface area (Å²) in [4.78, 5) is 17.6. The first-order valence-electron chi connectivity index (χ1n) is 17.6. The lowest BCUT2D eigenvalue weighted by Crippen LogP contribution is -2.61. The van der Waals surface area contributed by atoms with Gasteiger partial charge < -0.3 is 24.8 Å². The minimum atomic E-state index is -2.60. The number of fused-ring (bicyclic) bond motifs is 5. The second-order valence-corrected chi connectivity index (χ2v) is 13.6. The lowest BCUT2D eigenvalue weighted by atomic mass is 9.94. The molecule has 2 aromatic carbocycles. The van der Waals surface area contributed by atoms with E-state index < -0.39 is 35.8 Å². The maximum absolute atomic E-state index is 17.0. The fourth-order valence-electron chi connectivity index (χ4n) is 8.38. The van der Waals surface area contributed by atoms with E-state index in [0.717, 1.165) is 12.8 Å². The van der Waals surface area contributed by atoms with Crippen molar-refractivity contribution in [3.8, 4) is 35.4 Å². The van der Waals surface area contributed by atoms with E-state index in [9.17, 15) is 18.3 Å². The SMILES string of the molecule is [2H]C([2H])([2H])OCC12CCC(CN(c3nc(OC[C@@]45CCCN4CC(=C(F)F)C5)nc4c(F)c(-c5cc(O)cc6ccc(F)c(C#C)c56)ncc34)C1)N2. The minimum absolute atomic E-state index is 0.0170. The van der Waals surface area contributed by atoms with Crippen LogP contribution < -0.4 is 15.0 Å². The van der Waals surface area contributed by atoms with Gasteiger partial charge in [0.2, 0.25) is 0 Å². The third kappa shape index (κ3) is 5.24. The molecule has 4 saturated heterocycles. The first kappa shape index (κ1) is 28.3. The van der Waals surface area contributed by atoms with E-state index in [2.05, 4.69) is 21.2 Å². The van der Waals surface area contributed by atoms with Crippen molar-refractivity contribution in [2.75, 3.05) is 51.3 Å². The molecular formula is C36H34F4N6O3. The van der Waals surface area contributed by atoms with E-state index in [1.807, 2.05) is 9.80 Å². The van der Waals surface area contributed by atoms with Crippen LogP contribution in [0.15, 0.2) is 42.1 Å². The molecule has 8 rings (SSSR count). The van der Waals surface area contributed by atoms with Crippen LogP contribution >= 0.6 is 0 Å². The van der Waals surface area contributed by atoms with Crippen LogP contribution in [0, 0.1) is 24.0 Å². The van der Waals surface area contributed by atoms with Crippen molar-refractivity contribution < 1.29 is 36.3 Å². The average Bonchev–Trinajstić information content (AvgIpc) is 3.76. The first-order chi connectivity index (χ1) is 24.8. The third-order valence-electron chi connectivity index (χ3n) is 10.6. The van der Waals surface area contributed by atoms with E-state index in [1.165, 1.54) is 30.5 Å². The largest absolute Gasteiger partial charge is 0.508 e. The predicted octanol–water partition coefficient (Wildman–Crippen LogP) is 5.54. The number of benzene rings is 2. The van der Waals surface area contributed by atoms with Gasteiger partial charge in [-0.05, 0) is 62.2 Å². The van der Waals surface area contributed by atoms with E-state index in [-0.39, 0.29) is 95.0 Å². The Bertz CT molecular complexity index is 2200. The third-order valence-corrected chi connectivity index (χ3v) is 10.6. The first-order valence-corrected chi connectivity index (χ1v) is 16.1. The summed E-state index contributed by atoms with van der Waals surface area (Å²) >= 11 is 0. The Morgan fingerprint density at radius 2 is 2.10 bits per heavy atom. The van der Waals surface area contributed by atoms with Gasteiger partial charge >= 0.3 is 6.01 Å². The molecule has 2 unspecified atom stereocenters. The van der Waals surface area contributed by atoms with Crippen molar-refractivity contribution in [1.29, 1.82) is 0 Å². The van der Waals surface area contributed by atoms with Crippen LogP contribution in [0.2, 0.25) is 0 Å². The standard InChI is InChI=1S/C36H34F4N6O3/c1-3-24-27(37)6-5-20-11-23(47)12-25(28(20)24)30-29(38)31-26(14-41-30)33(45-16-22-7-9-35(17-45,44-22)18-48-2)43-34(42-31)49-19-36-8-4-10-46(36)15-21(13-36)32(39)40/h1,5-6,11-12,14,22,44,47H,4,7-10,13,15-19H2,2H3/t22?,35?,36-/m0/s1/i2D3. The van der Waals surface area contributed by atoms with Gasteiger partial charge in [-0.1, -0.05) is 12.0 Å². The van der Waals surface area contributed by atoms with Crippen LogP contribution in [0.25, 0.3) is 32.9 Å². The van der Waals surface area contributed by atoms with Gasteiger partial charge in [0, 0.05) is 55.4 Å². The fraction of sp³-hybridized carbons (Fsp3) is 0.417. The Labute approximate surface area is 284 Å². The number of ether oxygens (including phenoxy) is 2. The molecule has 13 heteroatoms. The lowest BCUT2D eigenvalue weighted by Gasteiger charge is -2.41. The summed E-state index contributed by atoms with van der Waals surface area (Å²) in [5.74, 6) is 0.780. The maximum atomic E-state index is 17.0. The molecule has 254 valence electrons. The summed E-state index contributed by atoms with van der Waals surface area (Å²) in [7, 11) is -2.60. The highest BCUT2D eigenvalue weighted by Gasteiger charge is 2.49. The number of anilines is 1. The number of piperazine rings is 1. The molecule has 9 nitrogen and oxygen atoms in total. The number of hydrogen-bond acceptors (Lipinski definition) is 9.